The highest BCUT2D eigenvalue weighted by Gasteiger charge is 2.29. The van der Waals surface area contributed by atoms with Gasteiger partial charge in [-0.1, -0.05) is 13.8 Å². The summed E-state index contributed by atoms with van der Waals surface area (Å²) in [7, 11) is 0. The number of nitrogens with two attached hydrogens (primary N) is 3. The first-order chi connectivity index (χ1) is 17.1. The molecule has 0 radical (unpaired) electrons. The number of carbonyl (C=O) groups is 4. The van der Waals surface area contributed by atoms with Crippen LogP contribution >= 0.6 is 0 Å². The number of ether oxygens (including phenoxy) is 2. The van der Waals surface area contributed by atoms with Crippen molar-refractivity contribution in [2.45, 2.75) is 96.9 Å². The summed E-state index contributed by atoms with van der Waals surface area (Å²) >= 11 is 0. The Labute approximate surface area is 220 Å². The zero-order valence-corrected chi connectivity index (χ0v) is 23.3. The molecular weight excluding hydrogens is 482 g/mol. The molecule has 0 unspecified atom stereocenters. The van der Waals surface area contributed by atoms with E-state index in [1.807, 2.05) is 27.7 Å². The number of hydrazine groups is 1. The topological polar surface area (TPSA) is 213 Å². The lowest BCUT2D eigenvalue weighted by Gasteiger charge is -2.30. The first-order valence-corrected chi connectivity index (χ1v) is 12.7. The fourth-order valence-electron chi connectivity index (χ4n) is 3.36. The number of hydrogen-bond donors (Lipinski definition) is 7. The van der Waals surface area contributed by atoms with Gasteiger partial charge in [0.05, 0.1) is 24.4 Å². The van der Waals surface area contributed by atoms with Gasteiger partial charge in [0.2, 0.25) is 17.7 Å². The molecule has 5 amide bonds. The maximum Gasteiger partial charge on any atom is 0.312 e. The zero-order chi connectivity index (χ0) is 28.6. The first-order valence-electron chi connectivity index (χ1n) is 12.7. The lowest BCUT2D eigenvalue weighted by atomic mass is 9.99. The van der Waals surface area contributed by atoms with Crippen LogP contribution in [0.1, 0.15) is 73.6 Å². The molecule has 0 aliphatic rings. The Morgan fingerprint density at radius 1 is 0.865 bits per heavy atom. The Morgan fingerprint density at radius 2 is 1.46 bits per heavy atom. The minimum Gasteiger partial charge on any atom is -0.375 e. The molecule has 0 bridgehead atoms. The molecule has 0 fully saturated rings. The van der Waals surface area contributed by atoms with E-state index in [4.69, 9.17) is 26.8 Å². The van der Waals surface area contributed by atoms with Gasteiger partial charge in [-0.2, -0.15) is 0 Å². The molecule has 0 heterocycles. The highest BCUT2D eigenvalue weighted by atomic mass is 16.5. The number of primary amides is 2. The van der Waals surface area contributed by atoms with E-state index in [0.29, 0.717) is 39.0 Å². The summed E-state index contributed by atoms with van der Waals surface area (Å²) in [5, 5.41) is 7.77. The van der Waals surface area contributed by atoms with Gasteiger partial charge in [0.15, 0.2) is 0 Å². The number of hydrogen-bond acceptors (Lipinski definition) is 8. The van der Waals surface area contributed by atoms with Gasteiger partial charge in [-0.3, -0.25) is 25.7 Å². The van der Waals surface area contributed by atoms with E-state index >= 15 is 0 Å². The predicted molar refractivity (Wildman–Crippen MR) is 141 cm³/mol. The van der Waals surface area contributed by atoms with Crippen molar-refractivity contribution in [3.05, 3.63) is 0 Å². The summed E-state index contributed by atoms with van der Waals surface area (Å²) in [6.07, 6.45) is 1.88. The van der Waals surface area contributed by atoms with Crippen LogP contribution < -0.4 is 38.7 Å². The quantitative estimate of drug-likeness (QED) is 0.0631. The molecule has 0 saturated heterocycles. The first kappa shape index (κ1) is 34.5. The maximum absolute atomic E-state index is 12.8. The van der Waals surface area contributed by atoms with Gasteiger partial charge >= 0.3 is 6.03 Å². The third-order valence-electron chi connectivity index (χ3n) is 5.78. The molecular formula is C24H49N7O6. The van der Waals surface area contributed by atoms with Crippen molar-refractivity contribution in [3.8, 4) is 0 Å². The van der Waals surface area contributed by atoms with E-state index in [9.17, 15) is 19.2 Å². The van der Waals surface area contributed by atoms with Crippen molar-refractivity contribution in [3.63, 3.8) is 0 Å². The number of rotatable bonds is 20. The smallest absolute Gasteiger partial charge is 0.312 e. The van der Waals surface area contributed by atoms with Gasteiger partial charge in [-0.15, -0.1) is 0 Å². The van der Waals surface area contributed by atoms with Gasteiger partial charge in [-0.25, -0.2) is 4.79 Å². The van der Waals surface area contributed by atoms with E-state index in [-0.39, 0.29) is 36.8 Å². The van der Waals surface area contributed by atoms with Crippen LogP contribution in [0.3, 0.4) is 0 Å². The fraction of sp³-hybridized carbons (Fsp3) is 0.833. The summed E-state index contributed by atoms with van der Waals surface area (Å²) in [4.78, 5) is 48.0. The number of nitrogens with one attached hydrogen (secondary N) is 4. The van der Waals surface area contributed by atoms with Crippen molar-refractivity contribution in [1.82, 2.24) is 21.4 Å². The molecule has 2 atom stereocenters. The second-order valence-corrected chi connectivity index (χ2v) is 10.6. The highest BCUT2D eigenvalue weighted by Crippen LogP contribution is 2.21. The zero-order valence-electron chi connectivity index (χ0n) is 23.3. The largest absolute Gasteiger partial charge is 0.375 e. The molecule has 0 aliphatic heterocycles. The van der Waals surface area contributed by atoms with Crippen LogP contribution in [0.5, 0.6) is 0 Å². The normalized spacial score (nSPS) is 13.6. The van der Waals surface area contributed by atoms with Crippen molar-refractivity contribution in [2.24, 2.45) is 23.2 Å². The van der Waals surface area contributed by atoms with Crippen molar-refractivity contribution < 1.29 is 28.7 Å². The lowest BCUT2D eigenvalue weighted by Crippen LogP contribution is -2.55. The van der Waals surface area contributed by atoms with Crippen molar-refractivity contribution in [2.75, 3.05) is 26.3 Å². The summed E-state index contributed by atoms with van der Waals surface area (Å²) < 4.78 is 11.8. The van der Waals surface area contributed by atoms with Crippen LogP contribution in [0.25, 0.3) is 0 Å². The van der Waals surface area contributed by atoms with Gasteiger partial charge < -0.3 is 36.9 Å². The molecule has 37 heavy (non-hydrogen) atoms. The van der Waals surface area contributed by atoms with Crippen molar-refractivity contribution >= 4 is 23.8 Å². The van der Waals surface area contributed by atoms with E-state index < -0.39 is 35.5 Å². The standard InChI is InChI=1S/C24H49N7O6/c1-16(2)19(21(34)30-17(20(25)33)8-7-12-28-22(26)35)31-18(32)9-10-23(3,4)36-14-11-24(5,6)37-15-13-29-27/h16-17,19,29H,7-15,27H2,1-6H3,(H2,25,33)(H,30,34)(H,31,32)(H3,26,28,35)/t17-,19-/m0/s1. The van der Waals surface area contributed by atoms with Crippen molar-refractivity contribution in [1.29, 1.82) is 0 Å². The van der Waals surface area contributed by atoms with E-state index in [0.717, 1.165) is 0 Å². The minimum absolute atomic E-state index is 0.156. The Hall–Kier alpha value is -2.48. The summed E-state index contributed by atoms with van der Waals surface area (Å²) in [5.74, 6) is 3.52. The summed E-state index contributed by atoms with van der Waals surface area (Å²) in [5.41, 5.74) is 12.0. The third kappa shape index (κ3) is 16.8. The molecule has 0 saturated carbocycles. The van der Waals surface area contributed by atoms with Crippen LogP contribution in [-0.4, -0.2) is 73.3 Å². The average molecular weight is 532 g/mol. The fourth-order valence-corrected chi connectivity index (χ4v) is 3.36. The molecule has 0 aromatic rings. The highest BCUT2D eigenvalue weighted by molar-refractivity contribution is 5.91. The second kappa shape index (κ2) is 17.1. The molecule has 0 aromatic carbocycles. The Bertz CT molecular complexity index is 730. The van der Waals surface area contributed by atoms with Gasteiger partial charge in [0.1, 0.15) is 12.1 Å². The average Bonchev–Trinajstić information content (AvgIpc) is 2.77. The van der Waals surface area contributed by atoms with Gasteiger partial charge in [0, 0.05) is 19.5 Å². The Kier molecular flexibility index (Phi) is 16.0. The molecule has 216 valence electrons. The van der Waals surface area contributed by atoms with Crippen LogP contribution in [0, 0.1) is 5.92 Å². The molecule has 0 aromatic heterocycles. The monoisotopic (exact) mass is 531 g/mol. The molecule has 0 rings (SSSR count). The van der Waals surface area contributed by atoms with Crippen LogP contribution in [0.15, 0.2) is 0 Å². The van der Waals surface area contributed by atoms with Crippen LogP contribution in [0.4, 0.5) is 4.79 Å². The molecule has 10 N–H and O–H groups in total. The molecule has 0 aliphatic carbocycles. The SMILES string of the molecule is CC(C)[C@H](NC(=O)CCC(C)(C)OCCC(C)(C)OCCNN)C(=O)N[C@@H](CCCNC(N)=O)C(N)=O. The molecule has 13 heteroatoms. The van der Waals surface area contributed by atoms with Crippen LogP contribution in [0.2, 0.25) is 0 Å². The van der Waals surface area contributed by atoms with E-state index in [1.54, 1.807) is 13.8 Å². The third-order valence-corrected chi connectivity index (χ3v) is 5.78. The molecule has 0 spiro atoms. The Morgan fingerprint density at radius 3 is 2.00 bits per heavy atom. The predicted octanol–water partition coefficient (Wildman–Crippen LogP) is -0.230. The maximum atomic E-state index is 12.8. The molecule has 13 nitrogen and oxygen atoms in total. The summed E-state index contributed by atoms with van der Waals surface area (Å²) in [6, 6.07) is -2.46. The lowest BCUT2D eigenvalue weighted by molar-refractivity contribution is -0.133. The Balaban J connectivity index is 4.73. The van der Waals surface area contributed by atoms with Gasteiger partial charge in [-0.05, 0) is 59.3 Å². The minimum atomic E-state index is -0.938. The van der Waals surface area contributed by atoms with E-state index in [1.165, 1.54) is 0 Å². The number of amides is 5. The van der Waals surface area contributed by atoms with E-state index in [2.05, 4.69) is 21.4 Å². The summed E-state index contributed by atoms with van der Waals surface area (Å²) in [6.45, 7) is 13.1. The van der Waals surface area contributed by atoms with Crippen LogP contribution in [-0.2, 0) is 23.9 Å². The number of urea groups is 1. The number of carbonyl (C=O) groups excluding carboxylic acids is 4. The van der Waals surface area contributed by atoms with Gasteiger partial charge in [0.25, 0.3) is 0 Å². The second-order valence-electron chi connectivity index (χ2n) is 10.6.